The maximum Gasteiger partial charge on any atom is 0.170 e. The average molecular weight is 297 g/mol. The Balaban J connectivity index is 1.93. The molecule has 4 nitrogen and oxygen atoms in total. The quantitative estimate of drug-likeness (QED) is 0.326. The lowest BCUT2D eigenvalue weighted by molar-refractivity contribution is 0.318. The zero-order valence-electron chi connectivity index (χ0n) is 11.5. The van der Waals surface area contributed by atoms with Crippen molar-refractivity contribution in [2.45, 2.75) is 30.6 Å². The van der Waals surface area contributed by atoms with Crippen molar-refractivity contribution in [1.82, 2.24) is 5.32 Å². The number of hydrogen-bond donors (Lipinski definition) is 3. The summed E-state index contributed by atoms with van der Waals surface area (Å²) in [7, 11) is 0. The van der Waals surface area contributed by atoms with E-state index in [0.29, 0.717) is 22.4 Å². The van der Waals surface area contributed by atoms with Crippen molar-refractivity contribution in [3.63, 3.8) is 0 Å². The molecule has 0 bridgehead atoms. The molecule has 0 aliphatic heterocycles. The minimum absolute atomic E-state index is 0.0841. The summed E-state index contributed by atoms with van der Waals surface area (Å²) >= 11 is 1.89. The van der Waals surface area contributed by atoms with Gasteiger partial charge in [-0.1, -0.05) is 23.7 Å². The monoisotopic (exact) mass is 297 g/mol. The Bertz CT molecular complexity index is 498. The average Bonchev–Trinajstić information content (AvgIpc) is 2.42. The topological polar surface area (TPSA) is 70.6 Å². The summed E-state index contributed by atoms with van der Waals surface area (Å²) < 4.78 is 14.2. The van der Waals surface area contributed by atoms with E-state index in [1.807, 2.05) is 11.8 Å². The molecule has 0 amide bonds. The molecule has 0 radical (unpaired) electrons. The number of nitrogens with zero attached hydrogens (tertiary/aromatic N) is 1. The predicted octanol–water partition coefficient (Wildman–Crippen LogP) is 2.30. The van der Waals surface area contributed by atoms with Gasteiger partial charge in [-0.3, -0.25) is 0 Å². The molecule has 0 unspecified atom stereocenters. The van der Waals surface area contributed by atoms with E-state index in [2.05, 4.69) is 16.7 Å². The molecule has 0 aromatic heterocycles. The first kappa shape index (κ1) is 15.1. The van der Waals surface area contributed by atoms with E-state index in [4.69, 9.17) is 10.9 Å². The van der Waals surface area contributed by atoms with E-state index in [1.54, 1.807) is 12.1 Å². The Morgan fingerprint density at radius 2 is 2.30 bits per heavy atom. The summed E-state index contributed by atoms with van der Waals surface area (Å²) in [6.45, 7) is 1.39. The van der Waals surface area contributed by atoms with Crippen molar-refractivity contribution in [2.24, 2.45) is 10.9 Å². The van der Waals surface area contributed by atoms with E-state index in [9.17, 15) is 4.39 Å². The summed E-state index contributed by atoms with van der Waals surface area (Å²) in [6, 6.07) is 4.62. The molecule has 0 atom stereocenters. The highest BCUT2D eigenvalue weighted by Crippen LogP contribution is 2.42. The number of halogens is 1. The van der Waals surface area contributed by atoms with Gasteiger partial charge in [0.1, 0.15) is 5.82 Å². The van der Waals surface area contributed by atoms with Gasteiger partial charge in [0.25, 0.3) is 0 Å². The zero-order chi connectivity index (χ0) is 14.6. The molecule has 0 spiro atoms. The van der Waals surface area contributed by atoms with Gasteiger partial charge in [-0.05, 0) is 25.2 Å². The number of benzene rings is 1. The Kier molecular flexibility index (Phi) is 4.88. The molecule has 1 aromatic rings. The lowest BCUT2D eigenvalue weighted by Crippen LogP contribution is -2.43. The third kappa shape index (κ3) is 3.24. The summed E-state index contributed by atoms with van der Waals surface area (Å²) in [5.74, 6) is -0.423. The highest BCUT2D eigenvalue weighted by atomic mass is 32.2. The molecule has 1 fully saturated rings. The number of nitrogens with one attached hydrogen (secondary N) is 1. The van der Waals surface area contributed by atoms with Crippen LogP contribution in [0.3, 0.4) is 0 Å². The second-order valence-corrected chi connectivity index (χ2v) is 6.41. The molecule has 1 saturated carbocycles. The fraction of sp³-hybridized carbons (Fsp3) is 0.500. The van der Waals surface area contributed by atoms with Crippen LogP contribution < -0.4 is 11.1 Å². The van der Waals surface area contributed by atoms with Gasteiger partial charge >= 0.3 is 0 Å². The van der Waals surface area contributed by atoms with Gasteiger partial charge in [0.15, 0.2) is 5.84 Å². The number of thioether (sulfide) groups is 1. The number of rotatable bonds is 6. The fourth-order valence-corrected chi connectivity index (χ4v) is 3.30. The molecule has 0 heterocycles. The van der Waals surface area contributed by atoms with Crippen LogP contribution in [0.1, 0.15) is 30.4 Å². The molecule has 110 valence electrons. The van der Waals surface area contributed by atoms with Crippen molar-refractivity contribution >= 4 is 17.6 Å². The largest absolute Gasteiger partial charge is 0.409 e. The first-order chi connectivity index (χ1) is 9.60. The lowest BCUT2D eigenvalue weighted by Gasteiger charge is -2.40. The van der Waals surface area contributed by atoms with Crippen LogP contribution in [0.15, 0.2) is 23.4 Å². The van der Waals surface area contributed by atoms with Crippen molar-refractivity contribution in [1.29, 1.82) is 0 Å². The molecule has 0 saturated heterocycles. The first-order valence-electron chi connectivity index (χ1n) is 6.62. The number of nitrogens with two attached hydrogens (primary N) is 1. The summed E-state index contributed by atoms with van der Waals surface area (Å²) in [4.78, 5) is 0. The lowest BCUT2D eigenvalue weighted by atomic mass is 9.84. The summed E-state index contributed by atoms with van der Waals surface area (Å²) in [5, 5.41) is 14.8. The van der Waals surface area contributed by atoms with Crippen molar-refractivity contribution < 1.29 is 9.60 Å². The highest BCUT2D eigenvalue weighted by molar-refractivity contribution is 8.00. The molecular weight excluding hydrogens is 277 g/mol. The Morgan fingerprint density at radius 1 is 1.55 bits per heavy atom. The van der Waals surface area contributed by atoms with Crippen LogP contribution in [-0.4, -0.2) is 28.6 Å². The second-order valence-electron chi connectivity index (χ2n) is 5.14. The minimum atomic E-state index is -0.339. The van der Waals surface area contributed by atoms with E-state index >= 15 is 0 Å². The number of oxime groups is 1. The van der Waals surface area contributed by atoms with Crippen molar-refractivity contribution in [3.05, 3.63) is 35.1 Å². The Labute approximate surface area is 122 Å². The maximum atomic E-state index is 13.9. The van der Waals surface area contributed by atoms with Gasteiger partial charge in [-0.15, -0.1) is 0 Å². The number of hydrogen-bond acceptors (Lipinski definition) is 4. The first-order valence-corrected chi connectivity index (χ1v) is 7.85. The third-order valence-electron chi connectivity index (χ3n) is 3.92. The van der Waals surface area contributed by atoms with Gasteiger partial charge in [-0.2, -0.15) is 11.8 Å². The molecule has 1 aliphatic carbocycles. The number of amidine groups is 1. The SMILES string of the molecule is CSC1(CNCc2ccc(/C(N)=N/O)cc2F)CCC1. The Morgan fingerprint density at radius 3 is 2.80 bits per heavy atom. The van der Waals surface area contributed by atoms with E-state index in [0.717, 1.165) is 6.54 Å². The molecule has 2 rings (SSSR count). The standard InChI is InChI=1S/C14H20FN3OS/c1-20-14(5-2-6-14)9-17-8-11-4-3-10(7-12(11)15)13(16)18-19/h3-4,7,17,19H,2,5-6,8-9H2,1H3,(H2,16,18). The van der Waals surface area contributed by atoms with Gasteiger partial charge in [0.05, 0.1) is 0 Å². The predicted molar refractivity (Wildman–Crippen MR) is 80.7 cm³/mol. The minimum Gasteiger partial charge on any atom is -0.409 e. The molecule has 1 aliphatic rings. The molecular formula is C14H20FN3OS. The van der Waals surface area contributed by atoms with Crippen molar-refractivity contribution in [2.75, 3.05) is 12.8 Å². The van der Waals surface area contributed by atoms with Gasteiger partial charge in [0.2, 0.25) is 0 Å². The van der Waals surface area contributed by atoms with Crippen LogP contribution in [0.2, 0.25) is 0 Å². The summed E-state index contributed by atoms with van der Waals surface area (Å²) in [5.41, 5.74) is 6.40. The van der Waals surface area contributed by atoms with Crippen LogP contribution in [0.4, 0.5) is 4.39 Å². The molecule has 4 N–H and O–H groups in total. The van der Waals surface area contributed by atoms with Crippen LogP contribution >= 0.6 is 11.8 Å². The zero-order valence-corrected chi connectivity index (χ0v) is 12.3. The molecule has 1 aromatic carbocycles. The van der Waals surface area contributed by atoms with Crippen LogP contribution in [0.5, 0.6) is 0 Å². The second kappa shape index (κ2) is 6.45. The van der Waals surface area contributed by atoms with Crippen molar-refractivity contribution in [3.8, 4) is 0 Å². The van der Waals surface area contributed by atoms with E-state index < -0.39 is 0 Å². The third-order valence-corrected chi connectivity index (χ3v) is 5.34. The maximum absolute atomic E-state index is 13.9. The normalized spacial score (nSPS) is 17.8. The highest BCUT2D eigenvalue weighted by Gasteiger charge is 2.35. The van der Waals surface area contributed by atoms with E-state index in [1.165, 1.54) is 25.3 Å². The van der Waals surface area contributed by atoms with Gasteiger partial charge < -0.3 is 16.3 Å². The molecule has 20 heavy (non-hydrogen) atoms. The van der Waals surface area contributed by atoms with Gasteiger partial charge in [0, 0.05) is 29.0 Å². The van der Waals surface area contributed by atoms with E-state index in [-0.39, 0.29) is 11.7 Å². The van der Waals surface area contributed by atoms with Gasteiger partial charge in [-0.25, -0.2) is 4.39 Å². The fourth-order valence-electron chi connectivity index (χ4n) is 2.36. The summed E-state index contributed by atoms with van der Waals surface area (Å²) in [6.07, 6.45) is 5.87. The Hall–Kier alpha value is -1.27. The van der Waals surface area contributed by atoms with Crippen LogP contribution in [0, 0.1) is 5.82 Å². The van der Waals surface area contributed by atoms with Crippen LogP contribution in [-0.2, 0) is 6.54 Å². The molecule has 6 heteroatoms. The smallest absolute Gasteiger partial charge is 0.170 e. The van der Waals surface area contributed by atoms with Crippen LogP contribution in [0.25, 0.3) is 0 Å².